The van der Waals surface area contributed by atoms with Crippen molar-refractivity contribution >= 4 is 6.09 Å². The Balaban J connectivity index is 2.45. The second-order valence-corrected chi connectivity index (χ2v) is 4.55. The number of hydrogen-bond acceptors (Lipinski definition) is 4. The molecule has 0 spiro atoms. The van der Waals surface area contributed by atoms with E-state index in [1.165, 1.54) is 0 Å². The Labute approximate surface area is 100 Å². The summed E-state index contributed by atoms with van der Waals surface area (Å²) in [4.78, 5) is 11.2. The summed E-state index contributed by atoms with van der Waals surface area (Å²) >= 11 is 0. The second-order valence-electron chi connectivity index (χ2n) is 4.55. The zero-order valence-electron chi connectivity index (χ0n) is 10.2. The van der Waals surface area contributed by atoms with Crippen molar-refractivity contribution in [2.45, 2.75) is 32.9 Å². The molecule has 17 heavy (non-hydrogen) atoms. The van der Waals surface area contributed by atoms with Crippen LogP contribution in [-0.4, -0.2) is 16.8 Å². The Morgan fingerprint density at radius 2 is 1.88 bits per heavy atom. The van der Waals surface area contributed by atoms with Crippen LogP contribution in [0.1, 0.15) is 26.3 Å². The van der Waals surface area contributed by atoms with Crippen LogP contribution in [0.3, 0.4) is 0 Å². The van der Waals surface area contributed by atoms with E-state index in [9.17, 15) is 4.79 Å². The van der Waals surface area contributed by atoms with Crippen molar-refractivity contribution in [2.24, 2.45) is 10.2 Å². The monoisotopic (exact) mass is 236 g/mol. The smallest absolute Gasteiger partial charge is 0.452 e. The number of hydrogen-bond donors (Lipinski definition) is 1. The molecule has 0 saturated heterocycles. The summed E-state index contributed by atoms with van der Waals surface area (Å²) in [6.45, 7) is 5.57. The standard InChI is InChI=1S/C12H16N2O3/c1-12(2,3)17-11(16)14-13-8-9-4-6-10(15)7-5-9/h4-7,15H,8H2,1-3H3. The SMILES string of the molecule is CC(C)(C)OC(=O)N=NCc1ccc(O)cc1. The van der Waals surface area contributed by atoms with Crippen LogP contribution in [0, 0.1) is 0 Å². The Morgan fingerprint density at radius 1 is 1.29 bits per heavy atom. The van der Waals surface area contributed by atoms with Gasteiger partial charge in [-0.2, -0.15) is 5.11 Å². The number of benzene rings is 1. The molecule has 1 aromatic carbocycles. The van der Waals surface area contributed by atoms with Gasteiger partial charge >= 0.3 is 6.09 Å². The first-order chi connectivity index (χ1) is 7.87. The summed E-state index contributed by atoms with van der Waals surface area (Å²) in [6, 6.07) is 6.53. The number of rotatable bonds is 2. The molecule has 0 aliphatic rings. The fraction of sp³-hybridized carbons (Fsp3) is 0.417. The molecule has 1 amide bonds. The lowest BCUT2D eigenvalue weighted by Crippen LogP contribution is -2.21. The van der Waals surface area contributed by atoms with Gasteiger partial charge in [0.2, 0.25) is 0 Å². The number of aromatic hydroxyl groups is 1. The molecule has 92 valence electrons. The number of nitrogens with zero attached hydrogens (tertiary/aromatic N) is 2. The largest absolute Gasteiger partial charge is 0.508 e. The molecule has 5 heteroatoms. The molecule has 5 nitrogen and oxygen atoms in total. The molecule has 0 aliphatic heterocycles. The second kappa shape index (κ2) is 5.43. The Kier molecular flexibility index (Phi) is 4.20. The Bertz CT molecular complexity index is 405. The van der Waals surface area contributed by atoms with Gasteiger partial charge in [0.25, 0.3) is 0 Å². The molecular weight excluding hydrogens is 220 g/mol. The molecule has 1 rings (SSSR count). The highest BCUT2D eigenvalue weighted by Crippen LogP contribution is 2.11. The van der Waals surface area contributed by atoms with E-state index in [-0.39, 0.29) is 12.3 Å². The van der Waals surface area contributed by atoms with Crippen LogP contribution in [0.2, 0.25) is 0 Å². The first kappa shape index (κ1) is 13.2. The van der Waals surface area contributed by atoms with E-state index in [0.29, 0.717) is 0 Å². The molecular formula is C12H16N2O3. The van der Waals surface area contributed by atoms with Crippen molar-refractivity contribution in [1.29, 1.82) is 0 Å². The maximum absolute atomic E-state index is 11.2. The lowest BCUT2D eigenvalue weighted by atomic mass is 10.2. The van der Waals surface area contributed by atoms with Gasteiger partial charge in [-0.05, 0) is 38.5 Å². The fourth-order valence-corrected chi connectivity index (χ4v) is 1.06. The fourth-order valence-electron chi connectivity index (χ4n) is 1.06. The number of phenolic OH excluding ortho intramolecular Hbond substituents is 1. The van der Waals surface area contributed by atoms with Gasteiger partial charge in [-0.15, -0.1) is 0 Å². The van der Waals surface area contributed by atoms with Crippen molar-refractivity contribution in [2.75, 3.05) is 0 Å². The van der Waals surface area contributed by atoms with Gasteiger partial charge < -0.3 is 9.84 Å². The molecule has 0 aliphatic carbocycles. The minimum absolute atomic E-state index is 0.192. The van der Waals surface area contributed by atoms with Gasteiger partial charge in [0, 0.05) is 0 Å². The van der Waals surface area contributed by atoms with Crippen molar-refractivity contribution < 1.29 is 14.6 Å². The van der Waals surface area contributed by atoms with E-state index in [2.05, 4.69) is 10.2 Å². The quantitative estimate of drug-likeness (QED) is 0.801. The number of carbonyl (C=O) groups is 1. The van der Waals surface area contributed by atoms with Crippen molar-refractivity contribution in [3.63, 3.8) is 0 Å². The van der Waals surface area contributed by atoms with Gasteiger partial charge in [-0.25, -0.2) is 4.79 Å². The maximum Gasteiger partial charge on any atom is 0.452 e. The van der Waals surface area contributed by atoms with Crippen LogP contribution in [0.15, 0.2) is 34.5 Å². The summed E-state index contributed by atoms with van der Waals surface area (Å²) in [6.07, 6.45) is -0.698. The first-order valence-electron chi connectivity index (χ1n) is 5.25. The number of amides is 1. The summed E-state index contributed by atoms with van der Waals surface area (Å²) in [5.41, 5.74) is 0.296. The Hall–Kier alpha value is -1.91. The zero-order chi connectivity index (χ0) is 12.9. The molecule has 0 atom stereocenters. The molecule has 1 aromatic rings. The highest BCUT2D eigenvalue weighted by Gasteiger charge is 2.15. The lowest BCUT2D eigenvalue weighted by molar-refractivity contribution is 0.0589. The van der Waals surface area contributed by atoms with Crippen molar-refractivity contribution in [3.05, 3.63) is 29.8 Å². The molecule has 0 saturated carbocycles. The van der Waals surface area contributed by atoms with Gasteiger partial charge in [0.15, 0.2) is 0 Å². The maximum atomic E-state index is 11.2. The van der Waals surface area contributed by atoms with E-state index < -0.39 is 11.7 Å². The lowest BCUT2D eigenvalue weighted by Gasteiger charge is -2.16. The van der Waals surface area contributed by atoms with Crippen LogP contribution >= 0.6 is 0 Å². The van der Waals surface area contributed by atoms with Gasteiger partial charge in [-0.3, -0.25) is 0 Å². The number of azo groups is 1. The van der Waals surface area contributed by atoms with Crippen LogP contribution in [0.5, 0.6) is 5.75 Å². The minimum atomic E-state index is -0.698. The van der Waals surface area contributed by atoms with Crippen molar-refractivity contribution in [3.8, 4) is 5.75 Å². The average molecular weight is 236 g/mol. The van der Waals surface area contributed by atoms with Gasteiger partial charge in [0.1, 0.15) is 11.4 Å². The third-order valence-corrected chi connectivity index (χ3v) is 1.74. The first-order valence-corrected chi connectivity index (χ1v) is 5.25. The highest BCUT2D eigenvalue weighted by molar-refractivity contribution is 5.67. The molecule has 0 aromatic heterocycles. The molecule has 0 heterocycles. The summed E-state index contributed by atoms with van der Waals surface area (Å²) in [5.74, 6) is 0.192. The molecule has 0 bridgehead atoms. The highest BCUT2D eigenvalue weighted by atomic mass is 16.6. The van der Waals surface area contributed by atoms with E-state index >= 15 is 0 Å². The van der Waals surface area contributed by atoms with Gasteiger partial charge in [0.05, 0.1) is 6.54 Å². The van der Waals surface area contributed by atoms with E-state index in [1.807, 2.05) is 0 Å². The minimum Gasteiger partial charge on any atom is -0.508 e. The van der Waals surface area contributed by atoms with Crippen LogP contribution in [-0.2, 0) is 11.3 Å². The predicted molar refractivity (Wildman–Crippen MR) is 62.9 cm³/mol. The molecule has 0 radical (unpaired) electrons. The van der Waals surface area contributed by atoms with Gasteiger partial charge in [-0.1, -0.05) is 17.2 Å². The Morgan fingerprint density at radius 3 is 2.41 bits per heavy atom. The normalized spacial score (nSPS) is 11.7. The summed E-state index contributed by atoms with van der Waals surface area (Å²) in [5, 5.41) is 16.2. The number of carbonyl (C=O) groups excluding carboxylic acids is 1. The number of ether oxygens (including phenoxy) is 1. The molecule has 0 fully saturated rings. The van der Waals surface area contributed by atoms with E-state index in [4.69, 9.17) is 9.84 Å². The van der Waals surface area contributed by atoms with E-state index in [0.717, 1.165) is 5.56 Å². The van der Waals surface area contributed by atoms with Crippen molar-refractivity contribution in [1.82, 2.24) is 0 Å². The van der Waals surface area contributed by atoms with Crippen LogP contribution < -0.4 is 0 Å². The summed E-state index contributed by atoms with van der Waals surface area (Å²) < 4.78 is 4.96. The van der Waals surface area contributed by atoms with E-state index in [1.54, 1.807) is 45.0 Å². The summed E-state index contributed by atoms with van der Waals surface area (Å²) in [7, 11) is 0. The molecule has 0 unspecified atom stereocenters. The predicted octanol–water partition coefficient (Wildman–Crippen LogP) is 3.28. The number of phenols is 1. The zero-order valence-corrected chi connectivity index (χ0v) is 10.2. The average Bonchev–Trinajstić information content (AvgIpc) is 2.18. The molecule has 1 N–H and O–H groups in total. The van der Waals surface area contributed by atoms with Crippen LogP contribution in [0.25, 0.3) is 0 Å². The third-order valence-electron chi connectivity index (χ3n) is 1.74. The topological polar surface area (TPSA) is 71.2 Å². The van der Waals surface area contributed by atoms with Crippen LogP contribution in [0.4, 0.5) is 4.79 Å². The third kappa shape index (κ3) is 5.65.